The number of benzene rings is 3. The highest BCUT2D eigenvalue weighted by molar-refractivity contribution is 6.31. The second-order valence-corrected chi connectivity index (χ2v) is 8.45. The van der Waals surface area contributed by atoms with Gasteiger partial charge in [-0.05, 0) is 36.1 Å². The standard InChI is InChI=1S/C25H20ClN3O3/c26-19-11-10-17(29(31)32)14-18(19)25-24-22(27-20-8-4-5-9-21(20)28-25)12-16(13-23(24)30)15-6-2-1-3-7-15/h1-11,14,16,25,27-28H,12-13H2/t16-,25-/m0/s1. The number of nitrogens with one attached hydrogen (secondary N) is 2. The number of nitro groups is 1. The van der Waals surface area contributed by atoms with Crippen LogP contribution in [0.1, 0.15) is 35.9 Å². The molecule has 2 N–H and O–H groups in total. The smallest absolute Gasteiger partial charge is 0.269 e. The Balaban J connectivity index is 1.66. The van der Waals surface area contributed by atoms with E-state index >= 15 is 0 Å². The van der Waals surface area contributed by atoms with E-state index in [1.807, 2.05) is 54.6 Å². The van der Waals surface area contributed by atoms with Crippen molar-refractivity contribution in [1.82, 2.24) is 0 Å². The number of nitro benzene ring substituents is 1. The van der Waals surface area contributed by atoms with Crippen LogP contribution in [0.2, 0.25) is 5.02 Å². The molecule has 6 nitrogen and oxygen atoms in total. The Morgan fingerprint density at radius 2 is 1.66 bits per heavy atom. The van der Waals surface area contributed by atoms with Crippen molar-refractivity contribution < 1.29 is 9.72 Å². The van der Waals surface area contributed by atoms with Gasteiger partial charge in [0, 0.05) is 40.4 Å². The number of non-ortho nitro benzene ring substituents is 1. The maximum atomic E-state index is 13.5. The molecule has 0 amide bonds. The molecule has 0 spiro atoms. The lowest BCUT2D eigenvalue weighted by atomic mass is 9.78. The summed E-state index contributed by atoms with van der Waals surface area (Å²) in [6.07, 6.45) is 1.02. The Morgan fingerprint density at radius 3 is 2.41 bits per heavy atom. The highest BCUT2D eigenvalue weighted by Gasteiger charge is 2.37. The van der Waals surface area contributed by atoms with E-state index in [0.717, 1.165) is 22.6 Å². The topological polar surface area (TPSA) is 84.3 Å². The number of carbonyl (C=O) groups excluding carboxylic acids is 1. The van der Waals surface area contributed by atoms with Crippen molar-refractivity contribution >= 4 is 34.4 Å². The van der Waals surface area contributed by atoms with Gasteiger partial charge in [0.15, 0.2) is 5.78 Å². The Kier molecular flexibility index (Phi) is 5.15. The summed E-state index contributed by atoms with van der Waals surface area (Å²) in [5, 5.41) is 18.7. The monoisotopic (exact) mass is 445 g/mol. The molecule has 0 fully saturated rings. The van der Waals surface area contributed by atoms with E-state index in [2.05, 4.69) is 10.6 Å². The zero-order chi connectivity index (χ0) is 22.2. The van der Waals surface area contributed by atoms with Crippen LogP contribution in [0.5, 0.6) is 0 Å². The summed E-state index contributed by atoms with van der Waals surface area (Å²) in [6, 6.07) is 21.4. The molecule has 160 valence electrons. The first-order valence-corrected chi connectivity index (χ1v) is 10.8. The van der Waals surface area contributed by atoms with Crippen molar-refractivity contribution in [2.24, 2.45) is 0 Å². The lowest BCUT2D eigenvalue weighted by Crippen LogP contribution is -2.27. The molecule has 3 aromatic carbocycles. The summed E-state index contributed by atoms with van der Waals surface area (Å²) < 4.78 is 0. The van der Waals surface area contributed by atoms with Crippen LogP contribution < -0.4 is 10.6 Å². The van der Waals surface area contributed by atoms with Crippen LogP contribution in [0.15, 0.2) is 84.1 Å². The summed E-state index contributed by atoms with van der Waals surface area (Å²) in [7, 11) is 0. The molecule has 1 heterocycles. The molecule has 0 bridgehead atoms. The number of hydrogen-bond acceptors (Lipinski definition) is 5. The minimum absolute atomic E-state index is 0.000446. The van der Waals surface area contributed by atoms with Crippen LogP contribution in [-0.4, -0.2) is 10.7 Å². The van der Waals surface area contributed by atoms with Crippen LogP contribution in [-0.2, 0) is 4.79 Å². The van der Waals surface area contributed by atoms with Gasteiger partial charge < -0.3 is 10.6 Å². The Bertz CT molecular complexity index is 1260. The van der Waals surface area contributed by atoms with Crippen LogP contribution in [0.25, 0.3) is 0 Å². The maximum absolute atomic E-state index is 13.5. The van der Waals surface area contributed by atoms with Gasteiger partial charge in [0.2, 0.25) is 0 Å². The fourth-order valence-electron chi connectivity index (χ4n) is 4.55. The number of nitrogens with zero attached hydrogens (tertiary/aromatic N) is 1. The number of allylic oxidation sites excluding steroid dienone is 1. The second-order valence-electron chi connectivity index (χ2n) is 8.04. The molecule has 32 heavy (non-hydrogen) atoms. The third-order valence-electron chi connectivity index (χ3n) is 6.08. The van der Waals surface area contributed by atoms with Gasteiger partial charge in [-0.2, -0.15) is 0 Å². The van der Waals surface area contributed by atoms with Gasteiger partial charge in [-0.15, -0.1) is 0 Å². The summed E-state index contributed by atoms with van der Waals surface area (Å²) >= 11 is 6.50. The minimum Gasteiger partial charge on any atom is -0.372 e. The van der Waals surface area contributed by atoms with Gasteiger partial charge in [-0.25, -0.2) is 0 Å². The van der Waals surface area contributed by atoms with E-state index in [-0.39, 0.29) is 17.4 Å². The van der Waals surface area contributed by atoms with Gasteiger partial charge in [0.25, 0.3) is 5.69 Å². The largest absolute Gasteiger partial charge is 0.372 e. The number of hydrogen-bond donors (Lipinski definition) is 2. The van der Waals surface area contributed by atoms with Crippen molar-refractivity contribution in [3.63, 3.8) is 0 Å². The molecule has 0 saturated carbocycles. The summed E-state index contributed by atoms with van der Waals surface area (Å²) in [6.45, 7) is 0. The zero-order valence-electron chi connectivity index (χ0n) is 17.0. The van der Waals surface area contributed by atoms with Gasteiger partial charge in [0.05, 0.1) is 22.3 Å². The molecule has 1 aliphatic heterocycles. The van der Waals surface area contributed by atoms with Gasteiger partial charge >= 0.3 is 0 Å². The summed E-state index contributed by atoms with van der Waals surface area (Å²) in [5.74, 6) is 0.0573. The molecule has 0 aromatic heterocycles. The molecule has 0 unspecified atom stereocenters. The molecule has 2 aliphatic rings. The third-order valence-corrected chi connectivity index (χ3v) is 6.43. The maximum Gasteiger partial charge on any atom is 0.269 e. The lowest BCUT2D eigenvalue weighted by molar-refractivity contribution is -0.384. The van der Waals surface area contributed by atoms with Crippen LogP contribution >= 0.6 is 11.6 Å². The number of rotatable bonds is 3. The SMILES string of the molecule is O=C1C[C@@H](c2ccccc2)CC2=C1[C@H](c1cc([N+](=O)[O-])ccc1Cl)Nc1ccccc1N2. The molecular formula is C25H20ClN3O3. The average molecular weight is 446 g/mol. The van der Waals surface area contributed by atoms with Gasteiger partial charge in [-0.1, -0.05) is 54.1 Å². The van der Waals surface area contributed by atoms with Crippen molar-refractivity contribution in [3.05, 3.63) is 110 Å². The number of Topliss-reactive ketones (excluding diaryl/α,β-unsaturated/α-hetero) is 1. The van der Waals surface area contributed by atoms with Crippen LogP contribution in [0.4, 0.5) is 17.1 Å². The molecule has 0 saturated heterocycles. The Morgan fingerprint density at radius 1 is 0.938 bits per heavy atom. The first-order chi connectivity index (χ1) is 15.5. The highest BCUT2D eigenvalue weighted by atomic mass is 35.5. The normalized spacial score (nSPS) is 19.8. The van der Waals surface area contributed by atoms with Crippen molar-refractivity contribution in [2.75, 3.05) is 10.6 Å². The fraction of sp³-hybridized carbons (Fsp3) is 0.160. The van der Waals surface area contributed by atoms with Gasteiger partial charge in [0.1, 0.15) is 0 Å². The highest BCUT2D eigenvalue weighted by Crippen LogP contribution is 2.45. The summed E-state index contributed by atoms with van der Waals surface area (Å²) in [5.41, 5.74) is 4.62. The van der Waals surface area contributed by atoms with E-state index in [0.29, 0.717) is 29.0 Å². The molecule has 5 rings (SSSR count). The number of anilines is 2. The lowest BCUT2D eigenvalue weighted by Gasteiger charge is -2.30. The molecule has 2 atom stereocenters. The average Bonchev–Trinajstić information content (AvgIpc) is 2.96. The number of carbonyl (C=O) groups is 1. The second kappa shape index (κ2) is 8.13. The van der Waals surface area contributed by atoms with E-state index in [1.54, 1.807) is 0 Å². The predicted octanol–water partition coefficient (Wildman–Crippen LogP) is 6.23. The van der Waals surface area contributed by atoms with Crippen molar-refractivity contribution in [2.45, 2.75) is 24.8 Å². The first kappa shape index (κ1) is 20.3. The molecule has 1 aliphatic carbocycles. The number of fused-ring (bicyclic) bond motifs is 1. The van der Waals surface area contributed by atoms with E-state index in [9.17, 15) is 14.9 Å². The summed E-state index contributed by atoms with van der Waals surface area (Å²) in [4.78, 5) is 24.5. The molecule has 7 heteroatoms. The van der Waals surface area contributed by atoms with E-state index in [4.69, 9.17) is 11.6 Å². The Labute approximate surface area is 190 Å². The van der Waals surface area contributed by atoms with Crippen molar-refractivity contribution in [1.29, 1.82) is 0 Å². The third kappa shape index (κ3) is 3.63. The van der Waals surface area contributed by atoms with E-state index in [1.165, 1.54) is 18.2 Å². The Hall–Kier alpha value is -3.64. The quantitative estimate of drug-likeness (QED) is 0.369. The molecule has 0 radical (unpaired) electrons. The number of para-hydroxylation sites is 2. The number of halogens is 1. The molecule has 3 aromatic rings. The minimum atomic E-state index is -0.599. The van der Waals surface area contributed by atoms with Crippen LogP contribution in [0, 0.1) is 10.1 Å². The van der Waals surface area contributed by atoms with E-state index < -0.39 is 11.0 Å². The van der Waals surface area contributed by atoms with Crippen molar-refractivity contribution in [3.8, 4) is 0 Å². The zero-order valence-corrected chi connectivity index (χ0v) is 17.8. The van der Waals surface area contributed by atoms with Gasteiger partial charge in [-0.3, -0.25) is 14.9 Å². The predicted molar refractivity (Wildman–Crippen MR) is 125 cm³/mol. The first-order valence-electron chi connectivity index (χ1n) is 10.4. The van der Waals surface area contributed by atoms with Crippen LogP contribution in [0.3, 0.4) is 0 Å². The molecular weight excluding hydrogens is 426 g/mol. The number of ketones is 1. The fourth-order valence-corrected chi connectivity index (χ4v) is 4.78.